The molecule has 0 aliphatic carbocycles. The van der Waals surface area contributed by atoms with Crippen molar-refractivity contribution in [1.29, 1.82) is 0 Å². The molecule has 1 aliphatic rings. The number of halogens is 1. The normalized spacial score (nSPS) is 20.7. The van der Waals surface area contributed by atoms with E-state index in [1.807, 2.05) is 0 Å². The standard InChI is InChI=1S/C10H12FN3O/c11-8-3-7(4-13-5-8)10(15)14-2-1-9(12)6-14/h3-5,9H,1-2,6,12H2. The summed E-state index contributed by atoms with van der Waals surface area (Å²) in [6.45, 7) is 1.17. The van der Waals surface area contributed by atoms with Crippen LogP contribution in [0.15, 0.2) is 18.5 Å². The van der Waals surface area contributed by atoms with E-state index < -0.39 is 5.82 Å². The lowest BCUT2D eigenvalue weighted by Gasteiger charge is -2.15. The van der Waals surface area contributed by atoms with Crippen LogP contribution in [0.2, 0.25) is 0 Å². The van der Waals surface area contributed by atoms with E-state index in [0.717, 1.165) is 12.6 Å². The van der Waals surface area contributed by atoms with E-state index in [4.69, 9.17) is 5.73 Å². The molecule has 1 unspecified atom stereocenters. The Morgan fingerprint density at radius 1 is 1.60 bits per heavy atom. The molecule has 1 aromatic heterocycles. The van der Waals surface area contributed by atoms with Gasteiger partial charge in [-0.2, -0.15) is 0 Å². The number of carbonyl (C=O) groups excluding carboxylic acids is 1. The van der Waals surface area contributed by atoms with Gasteiger partial charge in [0.2, 0.25) is 0 Å². The quantitative estimate of drug-likeness (QED) is 0.728. The largest absolute Gasteiger partial charge is 0.337 e. The summed E-state index contributed by atoms with van der Waals surface area (Å²) in [4.78, 5) is 17.1. The van der Waals surface area contributed by atoms with Gasteiger partial charge in [-0.3, -0.25) is 9.78 Å². The van der Waals surface area contributed by atoms with Gasteiger partial charge in [0.05, 0.1) is 11.8 Å². The molecular formula is C10H12FN3O. The zero-order valence-electron chi connectivity index (χ0n) is 8.19. The van der Waals surface area contributed by atoms with Gasteiger partial charge in [-0.25, -0.2) is 4.39 Å². The van der Waals surface area contributed by atoms with Crippen LogP contribution in [-0.2, 0) is 0 Å². The Hall–Kier alpha value is -1.49. The van der Waals surface area contributed by atoms with Crippen LogP contribution in [0.25, 0.3) is 0 Å². The molecule has 1 saturated heterocycles. The van der Waals surface area contributed by atoms with Crippen molar-refractivity contribution >= 4 is 5.91 Å². The summed E-state index contributed by atoms with van der Waals surface area (Å²) in [5.41, 5.74) is 5.97. The molecule has 1 aromatic rings. The minimum atomic E-state index is -0.496. The van der Waals surface area contributed by atoms with Crippen LogP contribution < -0.4 is 5.73 Å². The highest BCUT2D eigenvalue weighted by atomic mass is 19.1. The maximum absolute atomic E-state index is 12.8. The zero-order chi connectivity index (χ0) is 10.8. The number of rotatable bonds is 1. The Bertz CT molecular complexity index is 383. The second kappa shape index (κ2) is 3.94. The maximum atomic E-state index is 12.8. The van der Waals surface area contributed by atoms with Gasteiger partial charge in [0.1, 0.15) is 5.82 Å². The molecule has 1 fully saturated rings. The number of pyridine rings is 1. The fourth-order valence-corrected chi connectivity index (χ4v) is 1.68. The van der Waals surface area contributed by atoms with E-state index in [2.05, 4.69) is 4.98 Å². The summed E-state index contributed by atoms with van der Waals surface area (Å²) < 4.78 is 12.8. The average molecular weight is 209 g/mol. The lowest BCUT2D eigenvalue weighted by molar-refractivity contribution is 0.0790. The second-order valence-corrected chi connectivity index (χ2v) is 3.69. The lowest BCUT2D eigenvalue weighted by atomic mass is 10.2. The molecule has 1 atom stereocenters. The third kappa shape index (κ3) is 2.12. The summed E-state index contributed by atoms with van der Waals surface area (Å²) in [7, 11) is 0. The molecule has 0 spiro atoms. The fourth-order valence-electron chi connectivity index (χ4n) is 1.68. The van der Waals surface area contributed by atoms with Gasteiger partial charge < -0.3 is 10.6 Å². The number of nitrogens with two attached hydrogens (primary N) is 1. The monoisotopic (exact) mass is 209 g/mol. The molecule has 2 rings (SSSR count). The van der Waals surface area contributed by atoms with Crippen molar-refractivity contribution in [3.8, 4) is 0 Å². The van der Waals surface area contributed by atoms with Crippen molar-refractivity contribution < 1.29 is 9.18 Å². The number of aromatic nitrogens is 1. The predicted octanol–water partition coefficient (Wildman–Crippen LogP) is 0.394. The first-order valence-corrected chi connectivity index (χ1v) is 4.82. The Morgan fingerprint density at radius 2 is 2.40 bits per heavy atom. The number of hydrogen-bond donors (Lipinski definition) is 1. The van der Waals surface area contributed by atoms with Gasteiger partial charge >= 0.3 is 0 Å². The van der Waals surface area contributed by atoms with Crippen molar-refractivity contribution in [3.05, 3.63) is 29.8 Å². The van der Waals surface area contributed by atoms with E-state index in [1.165, 1.54) is 12.3 Å². The van der Waals surface area contributed by atoms with Gasteiger partial charge in [-0.15, -0.1) is 0 Å². The number of amides is 1. The van der Waals surface area contributed by atoms with Crippen LogP contribution in [0.3, 0.4) is 0 Å². The lowest BCUT2D eigenvalue weighted by Crippen LogP contribution is -2.31. The van der Waals surface area contributed by atoms with E-state index in [0.29, 0.717) is 13.1 Å². The van der Waals surface area contributed by atoms with Crippen molar-refractivity contribution in [3.63, 3.8) is 0 Å². The van der Waals surface area contributed by atoms with Crippen molar-refractivity contribution in [1.82, 2.24) is 9.88 Å². The van der Waals surface area contributed by atoms with Gasteiger partial charge in [-0.05, 0) is 12.5 Å². The molecule has 80 valence electrons. The highest BCUT2D eigenvalue weighted by molar-refractivity contribution is 5.94. The van der Waals surface area contributed by atoms with Crippen LogP contribution >= 0.6 is 0 Å². The minimum absolute atomic E-state index is 0.0375. The third-order valence-corrected chi connectivity index (χ3v) is 2.46. The Morgan fingerprint density at radius 3 is 3.00 bits per heavy atom. The first-order valence-electron chi connectivity index (χ1n) is 4.82. The number of carbonyl (C=O) groups is 1. The molecule has 0 bridgehead atoms. The van der Waals surface area contributed by atoms with Crippen LogP contribution in [0.1, 0.15) is 16.8 Å². The minimum Gasteiger partial charge on any atom is -0.337 e. The second-order valence-electron chi connectivity index (χ2n) is 3.69. The van der Waals surface area contributed by atoms with Crippen molar-refractivity contribution in [2.75, 3.05) is 13.1 Å². The van der Waals surface area contributed by atoms with Gasteiger partial charge in [0.15, 0.2) is 0 Å². The van der Waals surface area contributed by atoms with E-state index in [9.17, 15) is 9.18 Å². The van der Waals surface area contributed by atoms with Gasteiger partial charge in [0.25, 0.3) is 5.91 Å². The Labute approximate surface area is 86.9 Å². The number of likely N-dealkylation sites (tertiary alicyclic amines) is 1. The molecule has 1 aliphatic heterocycles. The smallest absolute Gasteiger partial charge is 0.255 e. The Kier molecular flexibility index (Phi) is 2.64. The maximum Gasteiger partial charge on any atom is 0.255 e. The number of nitrogens with zero attached hydrogens (tertiary/aromatic N) is 2. The van der Waals surface area contributed by atoms with E-state index >= 15 is 0 Å². The molecule has 1 amide bonds. The summed E-state index contributed by atoms with van der Waals surface area (Å²) >= 11 is 0. The van der Waals surface area contributed by atoms with Crippen LogP contribution in [0.4, 0.5) is 4.39 Å². The summed E-state index contributed by atoms with van der Waals surface area (Å²) in [6.07, 6.45) is 3.25. The molecule has 4 nitrogen and oxygen atoms in total. The molecule has 0 radical (unpaired) electrons. The van der Waals surface area contributed by atoms with Gasteiger partial charge in [-0.1, -0.05) is 0 Å². The molecular weight excluding hydrogens is 197 g/mol. The summed E-state index contributed by atoms with van der Waals surface area (Å²) in [5, 5.41) is 0. The molecule has 2 N–H and O–H groups in total. The van der Waals surface area contributed by atoms with Crippen molar-refractivity contribution in [2.45, 2.75) is 12.5 Å². The molecule has 5 heteroatoms. The van der Waals surface area contributed by atoms with E-state index in [1.54, 1.807) is 4.90 Å². The SMILES string of the molecule is NC1CCN(C(=O)c2cncc(F)c2)C1. The third-order valence-electron chi connectivity index (χ3n) is 2.46. The molecule has 0 aromatic carbocycles. The molecule has 2 heterocycles. The van der Waals surface area contributed by atoms with Crippen LogP contribution in [0.5, 0.6) is 0 Å². The number of hydrogen-bond acceptors (Lipinski definition) is 3. The fraction of sp³-hybridized carbons (Fsp3) is 0.400. The zero-order valence-corrected chi connectivity index (χ0v) is 8.19. The highest BCUT2D eigenvalue weighted by Gasteiger charge is 2.24. The molecule has 0 saturated carbocycles. The van der Waals surface area contributed by atoms with Gasteiger partial charge in [0, 0.05) is 25.3 Å². The summed E-state index contributed by atoms with van der Waals surface area (Å²) in [5.74, 6) is -0.695. The van der Waals surface area contributed by atoms with E-state index in [-0.39, 0.29) is 17.5 Å². The van der Waals surface area contributed by atoms with Crippen LogP contribution in [0, 0.1) is 5.82 Å². The Balaban J connectivity index is 2.14. The van der Waals surface area contributed by atoms with Crippen LogP contribution in [-0.4, -0.2) is 34.9 Å². The molecule has 15 heavy (non-hydrogen) atoms. The summed E-state index contributed by atoms with van der Waals surface area (Å²) in [6, 6.07) is 1.23. The topological polar surface area (TPSA) is 59.2 Å². The predicted molar refractivity (Wildman–Crippen MR) is 52.7 cm³/mol. The highest BCUT2D eigenvalue weighted by Crippen LogP contribution is 2.12. The first-order chi connectivity index (χ1) is 7.16. The van der Waals surface area contributed by atoms with Crippen molar-refractivity contribution in [2.24, 2.45) is 5.73 Å². The average Bonchev–Trinajstić information content (AvgIpc) is 2.64. The first kappa shape index (κ1) is 10.0.